The number of benzene rings is 1. The molecule has 164 valence electrons. The smallest absolute Gasteiger partial charge is 0.404 e. The molecule has 3 N–H and O–H groups in total. The molecule has 2 aromatic rings. The third kappa shape index (κ3) is 3.19. The summed E-state index contributed by atoms with van der Waals surface area (Å²) in [5, 5.41) is 14.5. The first-order valence-electron chi connectivity index (χ1n) is 10.7. The lowest BCUT2D eigenvalue weighted by Gasteiger charge is -2.37. The van der Waals surface area contributed by atoms with Crippen molar-refractivity contribution < 1.29 is 24.2 Å². The normalized spacial score (nSPS) is 26.8. The number of carbonyl (C=O) groups excluding carboxylic acids is 1. The number of hydrogen-bond donors (Lipinski definition) is 3. The van der Waals surface area contributed by atoms with Gasteiger partial charge in [-0.25, -0.2) is 9.78 Å². The summed E-state index contributed by atoms with van der Waals surface area (Å²) in [5.41, 5.74) is 3.19. The van der Waals surface area contributed by atoms with Crippen LogP contribution in [0.15, 0.2) is 18.7 Å². The summed E-state index contributed by atoms with van der Waals surface area (Å²) in [6, 6.07) is -0.0413. The number of rotatable bonds is 3. The molecule has 9 nitrogen and oxygen atoms in total. The van der Waals surface area contributed by atoms with Gasteiger partial charge in [-0.05, 0) is 44.6 Å². The molecule has 2 amide bonds. The summed E-state index contributed by atoms with van der Waals surface area (Å²) in [5.74, 6) is 0.384. The maximum atomic E-state index is 12.7. The zero-order valence-electron chi connectivity index (χ0n) is 17.6. The molecule has 1 fully saturated rings. The lowest BCUT2D eigenvalue weighted by Crippen LogP contribution is -2.47. The molecule has 3 heterocycles. The molecule has 3 aliphatic rings. The largest absolute Gasteiger partial charge is 0.465 e. The minimum absolute atomic E-state index is 0.0413. The SMILES string of the molecule is Cc1c2c(c(-n3ccnc3)c3c1C(=O)NCC3)OC(C)([C@H]1CC[C@H](NC(=O)O)CC1)O2. The van der Waals surface area contributed by atoms with Gasteiger partial charge in [0, 0.05) is 43.4 Å². The first-order valence-corrected chi connectivity index (χ1v) is 10.7. The molecule has 5 rings (SSSR count). The minimum atomic E-state index is -0.986. The number of carboxylic acid groups (broad SMARTS) is 1. The monoisotopic (exact) mass is 426 g/mol. The second-order valence-electron chi connectivity index (χ2n) is 8.68. The Morgan fingerprint density at radius 1 is 1.29 bits per heavy atom. The zero-order valence-corrected chi connectivity index (χ0v) is 17.6. The number of nitrogens with zero attached hydrogens (tertiary/aromatic N) is 2. The van der Waals surface area contributed by atoms with Gasteiger partial charge in [0.2, 0.25) is 0 Å². The molecule has 2 aliphatic heterocycles. The molecule has 1 unspecified atom stereocenters. The molecule has 0 bridgehead atoms. The van der Waals surface area contributed by atoms with Crippen molar-refractivity contribution >= 4 is 12.0 Å². The zero-order chi connectivity index (χ0) is 21.8. The number of amides is 2. The molecule has 0 radical (unpaired) electrons. The minimum Gasteiger partial charge on any atom is -0.465 e. The van der Waals surface area contributed by atoms with E-state index < -0.39 is 11.9 Å². The van der Waals surface area contributed by atoms with Crippen LogP contribution in [0, 0.1) is 12.8 Å². The highest BCUT2D eigenvalue weighted by Gasteiger charge is 2.48. The molecule has 0 saturated heterocycles. The Balaban J connectivity index is 1.52. The molecule has 1 atom stereocenters. The average molecular weight is 426 g/mol. The van der Waals surface area contributed by atoms with E-state index in [1.165, 1.54) is 0 Å². The average Bonchev–Trinajstić information content (AvgIpc) is 3.37. The number of aromatic nitrogens is 2. The summed E-state index contributed by atoms with van der Waals surface area (Å²) in [6.45, 7) is 4.42. The Hall–Kier alpha value is -3.23. The Bertz CT molecular complexity index is 1040. The molecule has 9 heteroatoms. The van der Waals surface area contributed by atoms with Crippen molar-refractivity contribution in [1.29, 1.82) is 0 Å². The van der Waals surface area contributed by atoms with Crippen LogP contribution in [0.25, 0.3) is 5.69 Å². The van der Waals surface area contributed by atoms with Crippen LogP contribution in [-0.2, 0) is 6.42 Å². The maximum Gasteiger partial charge on any atom is 0.404 e. The van der Waals surface area contributed by atoms with Crippen LogP contribution in [0.4, 0.5) is 4.79 Å². The van der Waals surface area contributed by atoms with Crippen LogP contribution in [0.5, 0.6) is 11.5 Å². The van der Waals surface area contributed by atoms with Crippen molar-refractivity contribution in [2.45, 2.75) is 57.8 Å². The number of carbonyl (C=O) groups is 2. The number of ether oxygens (including phenoxy) is 2. The predicted octanol–water partition coefficient (Wildman–Crippen LogP) is 2.78. The van der Waals surface area contributed by atoms with Crippen molar-refractivity contribution in [1.82, 2.24) is 20.2 Å². The molecule has 1 aliphatic carbocycles. The standard InChI is InChI=1S/C22H26N4O5/c1-12-16-15(7-8-24-20(16)27)17(26-10-9-23-11-26)19-18(12)30-22(2,31-19)13-3-5-14(6-4-13)25-21(28)29/h9-11,13-14,25H,3-8H2,1-2H3,(H,24,27)(H,28,29)/t13-,14-,22?. The van der Waals surface area contributed by atoms with Gasteiger partial charge >= 0.3 is 6.09 Å². The van der Waals surface area contributed by atoms with Gasteiger partial charge < -0.3 is 29.8 Å². The first-order chi connectivity index (χ1) is 14.9. The van der Waals surface area contributed by atoms with E-state index >= 15 is 0 Å². The van der Waals surface area contributed by atoms with Gasteiger partial charge in [-0.15, -0.1) is 0 Å². The fourth-order valence-corrected chi connectivity index (χ4v) is 5.22. The van der Waals surface area contributed by atoms with Gasteiger partial charge in [0.25, 0.3) is 11.7 Å². The van der Waals surface area contributed by atoms with Crippen molar-refractivity contribution in [2.24, 2.45) is 5.92 Å². The van der Waals surface area contributed by atoms with Crippen molar-refractivity contribution in [3.8, 4) is 17.2 Å². The topological polar surface area (TPSA) is 115 Å². The number of imidazole rings is 1. The van der Waals surface area contributed by atoms with E-state index in [9.17, 15) is 9.59 Å². The lowest BCUT2D eigenvalue weighted by atomic mass is 9.81. The van der Waals surface area contributed by atoms with Crippen LogP contribution >= 0.6 is 0 Å². The molecule has 1 saturated carbocycles. The van der Waals surface area contributed by atoms with Crippen LogP contribution in [-0.4, -0.2) is 45.0 Å². The fourth-order valence-electron chi connectivity index (χ4n) is 5.22. The Morgan fingerprint density at radius 3 is 2.71 bits per heavy atom. The van der Waals surface area contributed by atoms with Crippen LogP contribution in [0.3, 0.4) is 0 Å². The highest BCUT2D eigenvalue weighted by atomic mass is 16.7. The summed E-state index contributed by atoms with van der Waals surface area (Å²) >= 11 is 0. The van der Waals surface area contributed by atoms with E-state index in [0.717, 1.165) is 42.5 Å². The Kier molecular flexibility index (Phi) is 4.56. The van der Waals surface area contributed by atoms with Crippen LogP contribution < -0.4 is 20.1 Å². The van der Waals surface area contributed by atoms with Gasteiger partial charge in [0.05, 0.1) is 17.6 Å². The lowest BCUT2D eigenvalue weighted by molar-refractivity contribution is -0.121. The number of nitrogens with one attached hydrogen (secondary N) is 2. The first kappa shape index (κ1) is 19.7. The summed E-state index contributed by atoms with van der Waals surface area (Å²) in [6.07, 6.45) is 8.02. The quantitative estimate of drug-likeness (QED) is 0.695. The van der Waals surface area contributed by atoms with E-state index in [2.05, 4.69) is 15.6 Å². The van der Waals surface area contributed by atoms with Crippen molar-refractivity contribution in [3.05, 3.63) is 35.4 Å². The van der Waals surface area contributed by atoms with E-state index in [4.69, 9.17) is 14.6 Å². The molecular formula is C22H26N4O5. The summed E-state index contributed by atoms with van der Waals surface area (Å²) in [4.78, 5) is 27.9. The molecule has 31 heavy (non-hydrogen) atoms. The van der Waals surface area contributed by atoms with Gasteiger partial charge in [-0.3, -0.25) is 4.79 Å². The fraction of sp³-hybridized carbons (Fsp3) is 0.500. The molecule has 1 aromatic heterocycles. The third-order valence-corrected chi connectivity index (χ3v) is 6.78. The van der Waals surface area contributed by atoms with E-state index in [1.807, 2.05) is 24.6 Å². The van der Waals surface area contributed by atoms with Crippen LogP contribution in [0.1, 0.15) is 54.1 Å². The third-order valence-electron chi connectivity index (χ3n) is 6.78. The van der Waals surface area contributed by atoms with Gasteiger partial charge in [-0.2, -0.15) is 0 Å². The summed E-state index contributed by atoms with van der Waals surface area (Å²) in [7, 11) is 0. The van der Waals surface area contributed by atoms with Crippen molar-refractivity contribution in [2.75, 3.05) is 6.54 Å². The number of fused-ring (bicyclic) bond motifs is 2. The predicted molar refractivity (Wildman–Crippen MR) is 111 cm³/mol. The molecule has 0 spiro atoms. The van der Waals surface area contributed by atoms with E-state index in [0.29, 0.717) is 30.0 Å². The molecular weight excluding hydrogens is 400 g/mol. The second-order valence-corrected chi connectivity index (χ2v) is 8.68. The Morgan fingerprint density at radius 2 is 2.03 bits per heavy atom. The molecule has 1 aromatic carbocycles. The van der Waals surface area contributed by atoms with Crippen molar-refractivity contribution in [3.63, 3.8) is 0 Å². The van der Waals surface area contributed by atoms with Gasteiger partial charge in [-0.1, -0.05) is 0 Å². The van der Waals surface area contributed by atoms with E-state index in [1.54, 1.807) is 12.5 Å². The van der Waals surface area contributed by atoms with Gasteiger partial charge in [0.15, 0.2) is 11.5 Å². The van der Waals surface area contributed by atoms with Crippen LogP contribution in [0.2, 0.25) is 0 Å². The Labute approximate surface area is 179 Å². The van der Waals surface area contributed by atoms with Gasteiger partial charge in [0.1, 0.15) is 0 Å². The number of hydrogen-bond acceptors (Lipinski definition) is 5. The summed E-state index contributed by atoms with van der Waals surface area (Å²) < 4.78 is 14.9. The second kappa shape index (κ2) is 7.18. The highest BCUT2D eigenvalue weighted by molar-refractivity contribution is 6.01. The maximum absolute atomic E-state index is 12.7. The van der Waals surface area contributed by atoms with E-state index in [-0.39, 0.29) is 17.9 Å². The highest BCUT2D eigenvalue weighted by Crippen LogP contribution is 2.53.